The minimum absolute atomic E-state index is 0.884. The SMILES string of the molecule is COC(=O)[C@H](C)[N-]S(=O)(=O)C(F)(F)F. The maximum atomic E-state index is 11.7. The fraction of sp³-hybridized carbons (Fsp3) is 0.800. The molecule has 0 bridgehead atoms. The molecule has 0 radical (unpaired) electrons. The summed E-state index contributed by atoms with van der Waals surface area (Å²) >= 11 is 0. The highest BCUT2D eigenvalue weighted by Crippen LogP contribution is 2.29. The maximum absolute atomic E-state index is 11.7. The lowest BCUT2D eigenvalue weighted by Crippen LogP contribution is -2.28. The smallest absolute Gasteiger partial charge is 0.480 e. The van der Waals surface area contributed by atoms with Crippen LogP contribution in [0, 0.1) is 0 Å². The van der Waals surface area contributed by atoms with E-state index in [1.807, 2.05) is 0 Å². The third kappa shape index (κ3) is 3.14. The summed E-state index contributed by atoms with van der Waals surface area (Å²) < 4.78 is 62.3. The quantitative estimate of drug-likeness (QED) is 0.676. The van der Waals surface area contributed by atoms with Crippen LogP contribution in [0.25, 0.3) is 4.72 Å². The van der Waals surface area contributed by atoms with Crippen LogP contribution in [0.1, 0.15) is 6.92 Å². The number of hydrogen-bond acceptors (Lipinski definition) is 4. The van der Waals surface area contributed by atoms with Gasteiger partial charge in [-0.05, 0) is 6.04 Å². The van der Waals surface area contributed by atoms with Crippen LogP contribution in [0.2, 0.25) is 0 Å². The van der Waals surface area contributed by atoms with Gasteiger partial charge in [0.05, 0.1) is 7.11 Å². The second-order valence-corrected chi connectivity index (χ2v) is 3.85. The molecular formula is C5H7F3NO4S-. The number of rotatable bonds is 3. The lowest BCUT2D eigenvalue weighted by molar-refractivity contribution is -0.140. The fourth-order valence-electron chi connectivity index (χ4n) is 0.482. The summed E-state index contributed by atoms with van der Waals surface area (Å²) in [6.07, 6.45) is 0. The number of carbonyl (C=O) groups is 1. The highest BCUT2D eigenvalue weighted by molar-refractivity contribution is 7.94. The van der Waals surface area contributed by atoms with Crippen molar-refractivity contribution in [3.63, 3.8) is 0 Å². The van der Waals surface area contributed by atoms with Gasteiger partial charge in [-0.2, -0.15) is 13.2 Å². The predicted molar refractivity (Wildman–Crippen MR) is 39.8 cm³/mol. The molecule has 84 valence electrons. The van der Waals surface area contributed by atoms with Crippen LogP contribution in [0.3, 0.4) is 0 Å². The minimum atomic E-state index is -5.63. The second kappa shape index (κ2) is 4.13. The van der Waals surface area contributed by atoms with E-state index in [0.717, 1.165) is 14.0 Å². The van der Waals surface area contributed by atoms with Crippen molar-refractivity contribution in [2.75, 3.05) is 7.11 Å². The number of esters is 1. The Morgan fingerprint density at radius 2 is 1.86 bits per heavy atom. The Balaban J connectivity index is 4.63. The van der Waals surface area contributed by atoms with Gasteiger partial charge in [0.1, 0.15) is 0 Å². The molecule has 0 fully saturated rings. The normalized spacial score (nSPS) is 14.9. The van der Waals surface area contributed by atoms with E-state index in [0.29, 0.717) is 0 Å². The van der Waals surface area contributed by atoms with Crippen molar-refractivity contribution in [3.8, 4) is 0 Å². The summed E-state index contributed by atoms with van der Waals surface area (Å²) in [5, 5.41) is 0. The lowest BCUT2D eigenvalue weighted by atomic mass is 10.4. The molecule has 0 amide bonds. The molecule has 0 aliphatic heterocycles. The van der Waals surface area contributed by atoms with Crippen LogP contribution in [-0.2, 0) is 19.6 Å². The van der Waals surface area contributed by atoms with Gasteiger partial charge in [-0.3, -0.25) is 4.79 Å². The number of halogens is 3. The van der Waals surface area contributed by atoms with E-state index in [-0.39, 0.29) is 0 Å². The van der Waals surface area contributed by atoms with Gasteiger partial charge in [0, 0.05) is 0 Å². The summed E-state index contributed by atoms with van der Waals surface area (Å²) in [6, 6.07) is -1.70. The largest absolute Gasteiger partial charge is 0.529 e. The molecule has 0 aromatic heterocycles. The first-order valence-electron chi connectivity index (χ1n) is 3.23. The Kier molecular flexibility index (Phi) is 3.89. The molecule has 1 atom stereocenters. The number of ether oxygens (including phenoxy) is 1. The summed E-state index contributed by atoms with van der Waals surface area (Å²) in [5.74, 6) is -1.15. The van der Waals surface area contributed by atoms with Crippen LogP contribution in [0.5, 0.6) is 0 Å². The van der Waals surface area contributed by atoms with E-state index in [2.05, 4.69) is 9.46 Å². The third-order valence-corrected chi connectivity index (χ3v) is 2.31. The van der Waals surface area contributed by atoms with Gasteiger partial charge in [-0.25, -0.2) is 8.42 Å². The lowest BCUT2D eigenvalue weighted by Gasteiger charge is -2.26. The molecule has 0 heterocycles. The molecule has 0 unspecified atom stereocenters. The molecule has 0 aliphatic carbocycles. The fourth-order valence-corrected chi connectivity index (χ4v) is 1.10. The summed E-state index contributed by atoms with van der Waals surface area (Å²) in [5.41, 5.74) is -5.49. The molecule has 0 saturated carbocycles. The van der Waals surface area contributed by atoms with E-state index >= 15 is 0 Å². The number of alkyl halides is 3. The van der Waals surface area contributed by atoms with Crippen molar-refractivity contribution in [1.82, 2.24) is 0 Å². The first-order chi connectivity index (χ1) is 6.12. The third-order valence-electron chi connectivity index (χ3n) is 1.13. The van der Waals surface area contributed by atoms with E-state index in [1.165, 1.54) is 0 Å². The highest BCUT2D eigenvalue weighted by atomic mass is 32.2. The van der Waals surface area contributed by atoms with Crippen molar-refractivity contribution < 1.29 is 31.1 Å². The molecule has 0 rings (SSSR count). The average molecular weight is 234 g/mol. The molecule has 5 nitrogen and oxygen atoms in total. The summed E-state index contributed by atoms with van der Waals surface area (Å²) in [4.78, 5) is 10.6. The number of methoxy groups -OCH3 is 1. The number of carbonyl (C=O) groups excluding carboxylic acids is 1. The van der Waals surface area contributed by atoms with Crippen molar-refractivity contribution in [2.45, 2.75) is 18.5 Å². The Hall–Kier alpha value is -0.830. The van der Waals surface area contributed by atoms with Gasteiger partial charge in [-0.1, -0.05) is 6.92 Å². The van der Waals surface area contributed by atoms with E-state index in [9.17, 15) is 26.4 Å². The van der Waals surface area contributed by atoms with Crippen LogP contribution in [-0.4, -0.2) is 33.0 Å². The van der Waals surface area contributed by atoms with Gasteiger partial charge in [0.25, 0.3) is 5.97 Å². The van der Waals surface area contributed by atoms with E-state index in [1.54, 1.807) is 0 Å². The Labute approximate surface area is 78.3 Å². The Morgan fingerprint density at radius 3 is 2.14 bits per heavy atom. The van der Waals surface area contributed by atoms with Crippen molar-refractivity contribution in [1.29, 1.82) is 0 Å². The molecule has 9 heteroatoms. The van der Waals surface area contributed by atoms with Crippen molar-refractivity contribution >= 4 is 16.0 Å². The zero-order valence-corrected chi connectivity index (χ0v) is 8.02. The molecule has 0 spiro atoms. The summed E-state index contributed by atoms with van der Waals surface area (Å²) in [7, 11) is -4.72. The first-order valence-corrected chi connectivity index (χ1v) is 4.67. The van der Waals surface area contributed by atoms with Crippen molar-refractivity contribution in [3.05, 3.63) is 4.72 Å². The molecule has 14 heavy (non-hydrogen) atoms. The first kappa shape index (κ1) is 13.2. The summed E-state index contributed by atoms with van der Waals surface area (Å²) in [6.45, 7) is 0.884. The van der Waals surface area contributed by atoms with Gasteiger partial charge >= 0.3 is 5.51 Å². The number of sulfonamides is 1. The maximum Gasteiger partial charge on any atom is 0.480 e. The standard InChI is InChI=1S/C5H7F3NO4S/c1-3(4(10)13-2)9-14(11,12)5(6,7)8/h3H,1-2H3/q-1/t3-/m0/s1. The van der Waals surface area contributed by atoms with Gasteiger partial charge in [-0.15, -0.1) is 0 Å². The van der Waals surface area contributed by atoms with Crippen LogP contribution in [0.4, 0.5) is 13.2 Å². The molecule has 0 saturated heterocycles. The zero-order valence-electron chi connectivity index (χ0n) is 7.20. The Bertz CT molecular complexity index is 309. The molecule has 0 N–H and O–H groups in total. The van der Waals surface area contributed by atoms with Crippen molar-refractivity contribution in [2.24, 2.45) is 0 Å². The van der Waals surface area contributed by atoms with Crippen LogP contribution >= 0.6 is 0 Å². The second-order valence-electron chi connectivity index (χ2n) is 2.23. The highest BCUT2D eigenvalue weighted by Gasteiger charge is 2.39. The molecule has 0 aliphatic rings. The van der Waals surface area contributed by atoms with E-state index < -0.39 is 27.5 Å². The van der Waals surface area contributed by atoms with Crippen LogP contribution in [0.15, 0.2) is 0 Å². The average Bonchev–Trinajstić information content (AvgIpc) is 2.00. The monoisotopic (exact) mass is 234 g/mol. The number of hydrogen-bond donors (Lipinski definition) is 0. The van der Waals surface area contributed by atoms with Gasteiger partial charge < -0.3 is 9.46 Å². The minimum Gasteiger partial charge on any atom is -0.529 e. The molecule has 0 aromatic carbocycles. The number of nitrogens with zero attached hydrogens (tertiary/aromatic N) is 1. The predicted octanol–water partition coefficient (Wildman–Crippen LogP) is 0.771. The Morgan fingerprint density at radius 1 is 1.43 bits per heavy atom. The van der Waals surface area contributed by atoms with Gasteiger partial charge in [0.15, 0.2) is 10.0 Å². The molecular weight excluding hydrogens is 227 g/mol. The van der Waals surface area contributed by atoms with Gasteiger partial charge in [0.2, 0.25) is 0 Å². The zero-order chi connectivity index (χ0) is 11.6. The van der Waals surface area contributed by atoms with Crippen LogP contribution < -0.4 is 0 Å². The molecule has 0 aromatic rings. The topological polar surface area (TPSA) is 74.5 Å². The van der Waals surface area contributed by atoms with E-state index in [4.69, 9.17) is 0 Å².